The molecule has 0 aliphatic rings. The molecule has 0 aromatic heterocycles. The quantitative estimate of drug-likeness (QED) is 0.762. The average Bonchev–Trinajstić information content (AvgIpc) is 2.50. The molecule has 0 saturated carbocycles. The number of hydrogen-bond donors (Lipinski definition) is 3. The fraction of sp³-hybridized carbons (Fsp3) is 0.294. The van der Waals surface area contributed by atoms with Gasteiger partial charge in [0.15, 0.2) is 11.5 Å². The van der Waals surface area contributed by atoms with Gasteiger partial charge < -0.3 is 20.7 Å². The summed E-state index contributed by atoms with van der Waals surface area (Å²) in [5, 5.41) is 20.0. The zero-order chi connectivity index (χ0) is 15.2. The normalized spacial score (nSPS) is 13.7. The highest BCUT2D eigenvalue weighted by Crippen LogP contribution is 2.30. The highest BCUT2D eigenvalue weighted by atomic mass is 16.5. The summed E-state index contributed by atoms with van der Waals surface area (Å²) in [6, 6.07) is 14.1. The van der Waals surface area contributed by atoms with Crippen molar-refractivity contribution in [2.75, 3.05) is 6.61 Å². The van der Waals surface area contributed by atoms with Crippen LogP contribution in [0.15, 0.2) is 48.5 Å². The fourth-order valence-corrected chi connectivity index (χ4v) is 2.21. The average molecular weight is 287 g/mol. The lowest BCUT2D eigenvalue weighted by Crippen LogP contribution is -2.28. The summed E-state index contributed by atoms with van der Waals surface area (Å²) in [5.74, 6) is 0.461. The molecule has 21 heavy (non-hydrogen) atoms. The number of ether oxygens (including phenoxy) is 1. The van der Waals surface area contributed by atoms with Gasteiger partial charge in [0, 0.05) is 6.42 Å². The molecule has 0 saturated heterocycles. The Morgan fingerprint density at radius 3 is 2.52 bits per heavy atom. The van der Waals surface area contributed by atoms with Crippen molar-refractivity contribution in [2.24, 2.45) is 5.73 Å². The van der Waals surface area contributed by atoms with Crippen LogP contribution >= 0.6 is 0 Å². The summed E-state index contributed by atoms with van der Waals surface area (Å²) in [5.41, 5.74) is 7.88. The Bertz CT molecular complexity index is 572. The van der Waals surface area contributed by atoms with Crippen LogP contribution < -0.4 is 10.5 Å². The SMILES string of the molecule is CCOc1cc([C@H](N)[C@H](O)Cc2ccccc2)ccc1O. The lowest BCUT2D eigenvalue weighted by molar-refractivity contribution is 0.145. The van der Waals surface area contributed by atoms with Crippen molar-refractivity contribution < 1.29 is 14.9 Å². The number of aliphatic hydroxyl groups is 1. The van der Waals surface area contributed by atoms with Crippen LogP contribution in [0.1, 0.15) is 24.1 Å². The number of benzene rings is 2. The van der Waals surface area contributed by atoms with Gasteiger partial charge in [-0.2, -0.15) is 0 Å². The van der Waals surface area contributed by atoms with Crippen molar-refractivity contribution in [3.05, 3.63) is 59.7 Å². The molecule has 0 bridgehead atoms. The Morgan fingerprint density at radius 1 is 1.14 bits per heavy atom. The van der Waals surface area contributed by atoms with Crippen LogP contribution in [0.4, 0.5) is 0 Å². The predicted octanol–water partition coefficient (Wildman–Crippen LogP) is 2.39. The van der Waals surface area contributed by atoms with E-state index in [0.29, 0.717) is 18.8 Å². The van der Waals surface area contributed by atoms with Crippen LogP contribution in [-0.4, -0.2) is 22.9 Å². The number of phenolic OH excluding ortho intramolecular Hbond substituents is 1. The van der Waals surface area contributed by atoms with E-state index in [1.807, 2.05) is 37.3 Å². The van der Waals surface area contributed by atoms with E-state index in [1.165, 1.54) is 6.07 Å². The van der Waals surface area contributed by atoms with E-state index < -0.39 is 12.1 Å². The van der Waals surface area contributed by atoms with Gasteiger partial charge in [-0.1, -0.05) is 36.4 Å². The molecule has 0 fully saturated rings. The van der Waals surface area contributed by atoms with Gasteiger partial charge >= 0.3 is 0 Å². The smallest absolute Gasteiger partial charge is 0.161 e. The highest BCUT2D eigenvalue weighted by Gasteiger charge is 2.18. The van der Waals surface area contributed by atoms with Crippen molar-refractivity contribution in [3.63, 3.8) is 0 Å². The number of nitrogens with two attached hydrogens (primary N) is 1. The van der Waals surface area contributed by atoms with Crippen molar-refractivity contribution in [1.29, 1.82) is 0 Å². The van der Waals surface area contributed by atoms with Gasteiger partial charge in [-0.25, -0.2) is 0 Å². The molecule has 0 aliphatic heterocycles. The van der Waals surface area contributed by atoms with E-state index in [-0.39, 0.29) is 5.75 Å². The van der Waals surface area contributed by atoms with Crippen LogP contribution in [0.25, 0.3) is 0 Å². The topological polar surface area (TPSA) is 75.7 Å². The molecule has 0 aliphatic carbocycles. The first-order chi connectivity index (χ1) is 10.1. The van der Waals surface area contributed by atoms with Crippen LogP contribution in [-0.2, 0) is 6.42 Å². The van der Waals surface area contributed by atoms with Crippen LogP contribution in [0, 0.1) is 0 Å². The molecule has 4 heteroatoms. The van der Waals surface area contributed by atoms with Gasteiger partial charge in [0.05, 0.1) is 18.8 Å². The number of rotatable bonds is 6. The standard InChI is InChI=1S/C17H21NO3/c1-2-21-16-11-13(8-9-14(16)19)17(18)15(20)10-12-6-4-3-5-7-12/h3-9,11,15,17,19-20H,2,10,18H2,1H3/t15-,17+/m1/s1. The van der Waals surface area contributed by atoms with Crippen LogP contribution in [0.3, 0.4) is 0 Å². The molecular weight excluding hydrogens is 266 g/mol. The van der Waals surface area contributed by atoms with Crippen molar-refractivity contribution in [1.82, 2.24) is 0 Å². The number of phenols is 1. The van der Waals surface area contributed by atoms with Gasteiger partial charge in [-0.3, -0.25) is 0 Å². The highest BCUT2D eigenvalue weighted by molar-refractivity contribution is 5.43. The summed E-state index contributed by atoms with van der Waals surface area (Å²) >= 11 is 0. The molecule has 0 spiro atoms. The van der Waals surface area contributed by atoms with E-state index in [4.69, 9.17) is 10.5 Å². The molecule has 2 atom stereocenters. The maximum atomic E-state index is 10.3. The molecule has 112 valence electrons. The summed E-state index contributed by atoms with van der Waals surface area (Å²) in [6.45, 7) is 2.30. The third-order valence-corrected chi connectivity index (χ3v) is 3.37. The second kappa shape index (κ2) is 7.11. The van der Waals surface area contributed by atoms with E-state index in [1.54, 1.807) is 12.1 Å². The lowest BCUT2D eigenvalue weighted by Gasteiger charge is -2.20. The minimum Gasteiger partial charge on any atom is -0.504 e. The van der Waals surface area contributed by atoms with E-state index >= 15 is 0 Å². The Labute approximate surface area is 124 Å². The second-order valence-corrected chi connectivity index (χ2v) is 4.94. The number of hydrogen-bond acceptors (Lipinski definition) is 4. The first kappa shape index (κ1) is 15.4. The zero-order valence-electron chi connectivity index (χ0n) is 12.1. The first-order valence-corrected chi connectivity index (χ1v) is 7.05. The maximum Gasteiger partial charge on any atom is 0.161 e. The van der Waals surface area contributed by atoms with Gasteiger partial charge in [0.25, 0.3) is 0 Å². The Kier molecular flexibility index (Phi) is 5.20. The molecule has 4 N–H and O–H groups in total. The minimum absolute atomic E-state index is 0.0744. The summed E-state index contributed by atoms with van der Waals surface area (Å²) in [6.07, 6.45) is -0.223. The summed E-state index contributed by atoms with van der Waals surface area (Å²) in [7, 11) is 0. The van der Waals surface area contributed by atoms with Crippen LogP contribution in [0.5, 0.6) is 11.5 Å². The predicted molar refractivity (Wildman–Crippen MR) is 82.4 cm³/mol. The fourth-order valence-electron chi connectivity index (χ4n) is 2.21. The van der Waals surface area contributed by atoms with Gasteiger partial charge in [0.2, 0.25) is 0 Å². The molecule has 0 unspecified atom stereocenters. The van der Waals surface area contributed by atoms with Crippen molar-refractivity contribution in [3.8, 4) is 11.5 Å². The molecule has 4 nitrogen and oxygen atoms in total. The first-order valence-electron chi connectivity index (χ1n) is 7.05. The van der Waals surface area contributed by atoms with Crippen LogP contribution in [0.2, 0.25) is 0 Å². The second-order valence-electron chi connectivity index (χ2n) is 4.94. The maximum absolute atomic E-state index is 10.3. The monoisotopic (exact) mass is 287 g/mol. The van der Waals surface area contributed by atoms with Crippen molar-refractivity contribution >= 4 is 0 Å². The Balaban J connectivity index is 2.11. The van der Waals surface area contributed by atoms with Crippen molar-refractivity contribution in [2.45, 2.75) is 25.5 Å². The molecule has 0 heterocycles. The third-order valence-electron chi connectivity index (χ3n) is 3.37. The number of aromatic hydroxyl groups is 1. The van der Waals surface area contributed by atoms with E-state index in [0.717, 1.165) is 11.1 Å². The molecular formula is C17H21NO3. The molecule has 0 amide bonds. The Morgan fingerprint density at radius 2 is 1.86 bits per heavy atom. The lowest BCUT2D eigenvalue weighted by atomic mass is 9.96. The molecule has 0 radical (unpaired) electrons. The molecule has 2 rings (SSSR count). The zero-order valence-corrected chi connectivity index (χ0v) is 12.1. The largest absolute Gasteiger partial charge is 0.504 e. The van der Waals surface area contributed by atoms with Gasteiger partial charge in [0.1, 0.15) is 0 Å². The van der Waals surface area contributed by atoms with E-state index in [2.05, 4.69) is 0 Å². The minimum atomic E-state index is -0.702. The summed E-state index contributed by atoms with van der Waals surface area (Å²) in [4.78, 5) is 0. The molecule has 2 aromatic carbocycles. The summed E-state index contributed by atoms with van der Waals surface area (Å²) < 4.78 is 5.34. The Hall–Kier alpha value is -2.04. The van der Waals surface area contributed by atoms with Gasteiger partial charge in [-0.15, -0.1) is 0 Å². The van der Waals surface area contributed by atoms with E-state index in [9.17, 15) is 10.2 Å². The third kappa shape index (κ3) is 3.97. The molecule has 2 aromatic rings. The van der Waals surface area contributed by atoms with Gasteiger partial charge in [-0.05, 0) is 30.2 Å². The number of aliphatic hydroxyl groups excluding tert-OH is 1.